The number of aryl methyl sites for hydroxylation is 1. The smallest absolute Gasteiger partial charge is 0.225 e. The van der Waals surface area contributed by atoms with E-state index in [-0.39, 0.29) is 5.91 Å². The highest BCUT2D eigenvalue weighted by atomic mass is 35.5. The third kappa shape index (κ3) is 5.52. The molecule has 3 nitrogen and oxygen atoms in total. The lowest BCUT2D eigenvalue weighted by molar-refractivity contribution is -0.116. The van der Waals surface area contributed by atoms with Crippen LogP contribution in [0.4, 0.5) is 5.69 Å². The number of benzene rings is 2. The predicted octanol–water partition coefficient (Wildman–Crippen LogP) is 4.77. The molecule has 0 saturated carbocycles. The molecule has 0 aliphatic heterocycles. The van der Waals surface area contributed by atoms with E-state index in [4.69, 9.17) is 23.2 Å². The molecule has 0 aliphatic carbocycles. The van der Waals surface area contributed by atoms with Crippen LogP contribution in [-0.2, 0) is 11.2 Å². The number of carbonyl (C=O) groups is 1. The van der Waals surface area contributed by atoms with E-state index in [1.54, 1.807) is 6.07 Å². The van der Waals surface area contributed by atoms with Crippen molar-refractivity contribution in [3.8, 4) is 0 Å². The minimum atomic E-state index is 0.0146. The highest BCUT2D eigenvalue weighted by molar-refractivity contribution is 6.35. The predicted molar refractivity (Wildman–Crippen MR) is 102 cm³/mol. The summed E-state index contributed by atoms with van der Waals surface area (Å²) in [6.45, 7) is 5.44. The normalized spacial score (nSPS) is 10.7. The molecule has 0 saturated heterocycles. The van der Waals surface area contributed by atoms with Crippen LogP contribution in [0.3, 0.4) is 0 Å². The van der Waals surface area contributed by atoms with Gasteiger partial charge in [0.25, 0.3) is 0 Å². The van der Waals surface area contributed by atoms with Gasteiger partial charge in [-0.15, -0.1) is 0 Å². The molecule has 128 valence electrons. The zero-order chi connectivity index (χ0) is 17.5. The van der Waals surface area contributed by atoms with Gasteiger partial charge in [-0.1, -0.05) is 41.4 Å². The number of halogens is 2. The van der Waals surface area contributed by atoms with Crippen molar-refractivity contribution >= 4 is 34.8 Å². The Morgan fingerprint density at radius 1 is 1.08 bits per heavy atom. The van der Waals surface area contributed by atoms with Crippen molar-refractivity contribution in [2.75, 3.05) is 18.4 Å². The number of hydrogen-bond acceptors (Lipinski definition) is 2. The Labute approximate surface area is 153 Å². The van der Waals surface area contributed by atoms with Crippen molar-refractivity contribution < 1.29 is 4.79 Å². The van der Waals surface area contributed by atoms with Crippen molar-refractivity contribution in [3.63, 3.8) is 0 Å². The van der Waals surface area contributed by atoms with Crippen LogP contribution in [0.15, 0.2) is 36.4 Å². The average molecular weight is 365 g/mol. The molecule has 0 fully saturated rings. The summed E-state index contributed by atoms with van der Waals surface area (Å²) in [5.41, 5.74) is 4.21. The van der Waals surface area contributed by atoms with E-state index < -0.39 is 0 Å². The lowest BCUT2D eigenvalue weighted by Crippen LogP contribution is -2.24. The first-order valence-electron chi connectivity index (χ1n) is 7.98. The first-order valence-corrected chi connectivity index (χ1v) is 8.73. The standard InChI is InChI=1S/C19H22Cl2N2O/c1-13-4-3-5-18(14(13)2)23-19(24)9-11-22-10-8-15-6-7-16(20)12-17(15)21/h3-7,12,22H,8-11H2,1-2H3,(H,23,24). The van der Waals surface area contributed by atoms with Gasteiger partial charge in [-0.25, -0.2) is 0 Å². The Morgan fingerprint density at radius 2 is 1.88 bits per heavy atom. The molecule has 2 aromatic carbocycles. The molecule has 1 amide bonds. The van der Waals surface area contributed by atoms with Gasteiger partial charge in [0.05, 0.1) is 0 Å². The van der Waals surface area contributed by atoms with Gasteiger partial charge in [0.2, 0.25) is 5.91 Å². The summed E-state index contributed by atoms with van der Waals surface area (Å²) >= 11 is 12.0. The van der Waals surface area contributed by atoms with Crippen LogP contribution in [0, 0.1) is 13.8 Å². The number of anilines is 1. The van der Waals surface area contributed by atoms with Crippen molar-refractivity contribution in [1.82, 2.24) is 5.32 Å². The molecule has 2 rings (SSSR count). The topological polar surface area (TPSA) is 41.1 Å². The van der Waals surface area contributed by atoms with Crippen molar-refractivity contribution in [1.29, 1.82) is 0 Å². The minimum Gasteiger partial charge on any atom is -0.326 e. The van der Waals surface area contributed by atoms with Gasteiger partial charge in [0.15, 0.2) is 0 Å². The summed E-state index contributed by atoms with van der Waals surface area (Å²) in [5.74, 6) is 0.0146. The molecule has 0 aromatic heterocycles. The fourth-order valence-corrected chi connectivity index (χ4v) is 2.88. The molecule has 0 unspecified atom stereocenters. The Hall–Kier alpha value is -1.55. The highest BCUT2D eigenvalue weighted by Gasteiger charge is 2.06. The van der Waals surface area contributed by atoms with Crippen LogP contribution in [0.2, 0.25) is 10.0 Å². The maximum atomic E-state index is 12.0. The molecule has 0 radical (unpaired) electrons. The molecule has 0 spiro atoms. The lowest BCUT2D eigenvalue weighted by atomic mass is 10.1. The fourth-order valence-electron chi connectivity index (χ4n) is 2.37. The van der Waals surface area contributed by atoms with E-state index >= 15 is 0 Å². The van der Waals surface area contributed by atoms with E-state index in [9.17, 15) is 4.79 Å². The Morgan fingerprint density at radius 3 is 2.62 bits per heavy atom. The van der Waals surface area contributed by atoms with Crippen LogP contribution >= 0.6 is 23.2 Å². The summed E-state index contributed by atoms with van der Waals surface area (Å²) in [6.07, 6.45) is 1.23. The van der Waals surface area contributed by atoms with Gasteiger partial charge in [0.1, 0.15) is 0 Å². The zero-order valence-corrected chi connectivity index (χ0v) is 15.5. The number of nitrogens with one attached hydrogen (secondary N) is 2. The molecular weight excluding hydrogens is 343 g/mol. The summed E-state index contributed by atoms with van der Waals surface area (Å²) in [7, 11) is 0. The second kappa shape index (κ2) is 9.07. The zero-order valence-electron chi connectivity index (χ0n) is 14.0. The van der Waals surface area contributed by atoms with Crippen LogP contribution in [0.25, 0.3) is 0 Å². The first kappa shape index (κ1) is 18.8. The molecule has 2 N–H and O–H groups in total. The third-order valence-corrected chi connectivity index (χ3v) is 4.58. The Bertz CT molecular complexity index is 717. The number of rotatable bonds is 7. The van der Waals surface area contributed by atoms with E-state index in [1.165, 1.54) is 5.56 Å². The quantitative estimate of drug-likeness (QED) is 0.694. The highest BCUT2D eigenvalue weighted by Crippen LogP contribution is 2.21. The summed E-state index contributed by atoms with van der Waals surface area (Å²) in [5, 5.41) is 7.54. The van der Waals surface area contributed by atoms with Crippen molar-refractivity contribution in [3.05, 3.63) is 63.1 Å². The molecule has 24 heavy (non-hydrogen) atoms. The van der Waals surface area contributed by atoms with E-state index in [0.29, 0.717) is 23.0 Å². The van der Waals surface area contributed by atoms with Crippen LogP contribution < -0.4 is 10.6 Å². The van der Waals surface area contributed by atoms with Crippen LogP contribution in [0.1, 0.15) is 23.1 Å². The van der Waals surface area contributed by atoms with E-state index in [1.807, 2.05) is 44.2 Å². The summed E-state index contributed by atoms with van der Waals surface area (Å²) < 4.78 is 0. The molecule has 5 heteroatoms. The lowest BCUT2D eigenvalue weighted by Gasteiger charge is -2.11. The number of amides is 1. The maximum absolute atomic E-state index is 12.0. The second-order valence-electron chi connectivity index (χ2n) is 5.78. The number of carbonyl (C=O) groups excluding carboxylic acids is 1. The van der Waals surface area contributed by atoms with Gasteiger partial charge in [-0.3, -0.25) is 4.79 Å². The second-order valence-corrected chi connectivity index (χ2v) is 6.63. The summed E-state index contributed by atoms with van der Waals surface area (Å²) in [4.78, 5) is 12.0. The molecule has 0 bridgehead atoms. The minimum absolute atomic E-state index is 0.0146. The summed E-state index contributed by atoms with van der Waals surface area (Å²) in [6, 6.07) is 11.4. The van der Waals surface area contributed by atoms with Gasteiger partial charge in [0, 0.05) is 28.7 Å². The molecule has 0 heterocycles. The monoisotopic (exact) mass is 364 g/mol. The van der Waals surface area contributed by atoms with Gasteiger partial charge in [-0.05, 0) is 61.7 Å². The third-order valence-electron chi connectivity index (χ3n) is 3.99. The molecule has 0 atom stereocenters. The SMILES string of the molecule is Cc1cccc(NC(=O)CCNCCc2ccc(Cl)cc2Cl)c1C. The molecule has 0 aliphatic rings. The van der Waals surface area contributed by atoms with Gasteiger partial charge < -0.3 is 10.6 Å². The van der Waals surface area contributed by atoms with E-state index in [0.717, 1.165) is 29.8 Å². The van der Waals surface area contributed by atoms with Crippen LogP contribution in [-0.4, -0.2) is 19.0 Å². The molecular formula is C19H22Cl2N2O. The van der Waals surface area contributed by atoms with Crippen LogP contribution in [0.5, 0.6) is 0 Å². The van der Waals surface area contributed by atoms with Gasteiger partial charge >= 0.3 is 0 Å². The maximum Gasteiger partial charge on any atom is 0.225 e. The first-order chi connectivity index (χ1) is 11.5. The largest absolute Gasteiger partial charge is 0.326 e. The van der Waals surface area contributed by atoms with E-state index in [2.05, 4.69) is 10.6 Å². The Kier molecular flexibility index (Phi) is 7.10. The van der Waals surface area contributed by atoms with Gasteiger partial charge in [-0.2, -0.15) is 0 Å². The van der Waals surface area contributed by atoms with Crippen molar-refractivity contribution in [2.24, 2.45) is 0 Å². The Balaban J connectivity index is 1.70. The molecule has 2 aromatic rings. The fraction of sp³-hybridized carbons (Fsp3) is 0.316. The van der Waals surface area contributed by atoms with Crippen molar-refractivity contribution in [2.45, 2.75) is 26.7 Å². The number of hydrogen-bond donors (Lipinski definition) is 2. The average Bonchev–Trinajstić information content (AvgIpc) is 2.53.